The Labute approximate surface area is 156 Å². The van der Waals surface area contributed by atoms with Gasteiger partial charge in [-0.15, -0.1) is 10.2 Å². The SMILES string of the molecule is O=C(Cc1cccc([N+](=O)[O-])c1)N1CCC(c2nnc3n2CCNC3)CC1. The van der Waals surface area contributed by atoms with Crippen molar-refractivity contribution < 1.29 is 9.72 Å². The summed E-state index contributed by atoms with van der Waals surface area (Å²) in [6.07, 6.45) is 1.93. The van der Waals surface area contributed by atoms with Crippen LogP contribution in [-0.2, 0) is 24.3 Å². The number of nitro benzene ring substituents is 1. The van der Waals surface area contributed by atoms with Crippen LogP contribution in [0.5, 0.6) is 0 Å². The molecule has 0 unspecified atom stereocenters. The molecule has 3 heterocycles. The van der Waals surface area contributed by atoms with Gasteiger partial charge in [0.1, 0.15) is 11.6 Å². The van der Waals surface area contributed by atoms with E-state index in [0.717, 1.165) is 44.1 Å². The lowest BCUT2D eigenvalue weighted by Crippen LogP contribution is -2.39. The van der Waals surface area contributed by atoms with E-state index in [4.69, 9.17) is 0 Å². The maximum Gasteiger partial charge on any atom is 0.269 e. The number of nitro groups is 1. The predicted molar refractivity (Wildman–Crippen MR) is 97.1 cm³/mol. The molecule has 1 N–H and O–H groups in total. The molecule has 0 spiro atoms. The molecular weight excluding hydrogens is 348 g/mol. The molecule has 2 aliphatic heterocycles. The van der Waals surface area contributed by atoms with Crippen molar-refractivity contribution in [1.29, 1.82) is 0 Å². The van der Waals surface area contributed by atoms with Gasteiger partial charge in [0, 0.05) is 44.2 Å². The van der Waals surface area contributed by atoms with E-state index in [9.17, 15) is 14.9 Å². The van der Waals surface area contributed by atoms with E-state index in [-0.39, 0.29) is 18.0 Å². The fourth-order valence-corrected chi connectivity index (χ4v) is 3.87. The first kappa shape index (κ1) is 17.6. The molecule has 1 aromatic heterocycles. The number of nitrogens with one attached hydrogen (secondary N) is 1. The number of carbonyl (C=O) groups is 1. The Balaban J connectivity index is 1.36. The molecule has 2 aliphatic rings. The predicted octanol–water partition coefficient (Wildman–Crippen LogP) is 1.24. The van der Waals surface area contributed by atoms with Crippen molar-refractivity contribution >= 4 is 11.6 Å². The molecule has 2 aromatic rings. The fraction of sp³-hybridized carbons (Fsp3) is 0.500. The molecule has 1 amide bonds. The normalized spacial score (nSPS) is 17.6. The quantitative estimate of drug-likeness (QED) is 0.641. The van der Waals surface area contributed by atoms with E-state index in [1.807, 2.05) is 4.90 Å². The van der Waals surface area contributed by atoms with E-state index < -0.39 is 4.92 Å². The summed E-state index contributed by atoms with van der Waals surface area (Å²) in [6.45, 7) is 3.94. The third kappa shape index (κ3) is 3.68. The minimum absolute atomic E-state index is 0.0152. The highest BCUT2D eigenvalue weighted by Crippen LogP contribution is 2.28. The Morgan fingerprint density at radius 2 is 2.07 bits per heavy atom. The van der Waals surface area contributed by atoms with Crippen molar-refractivity contribution in [1.82, 2.24) is 25.0 Å². The van der Waals surface area contributed by atoms with Gasteiger partial charge in [0.25, 0.3) is 5.69 Å². The van der Waals surface area contributed by atoms with Crippen LogP contribution in [0, 0.1) is 10.1 Å². The summed E-state index contributed by atoms with van der Waals surface area (Å²) in [5.74, 6) is 2.37. The van der Waals surface area contributed by atoms with Gasteiger partial charge in [0.2, 0.25) is 5.91 Å². The molecule has 0 saturated carbocycles. The summed E-state index contributed by atoms with van der Waals surface area (Å²) in [5.41, 5.74) is 0.695. The fourth-order valence-electron chi connectivity index (χ4n) is 3.87. The Morgan fingerprint density at radius 1 is 1.26 bits per heavy atom. The highest BCUT2D eigenvalue weighted by Gasteiger charge is 2.28. The largest absolute Gasteiger partial charge is 0.342 e. The lowest BCUT2D eigenvalue weighted by Gasteiger charge is -2.32. The number of rotatable bonds is 4. The van der Waals surface area contributed by atoms with Gasteiger partial charge in [-0.2, -0.15) is 0 Å². The van der Waals surface area contributed by atoms with Crippen molar-refractivity contribution in [2.45, 2.75) is 38.3 Å². The minimum Gasteiger partial charge on any atom is -0.342 e. The summed E-state index contributed by atoms with van der Waals surface area (Å²) in [7, 11) is 0. The Kier molecular flexibility index (Phi) is 4.85. The number of likely N-dealkylation sites (tertiary alicyclic amines) is 1. The Hall–Kier alpha value is -2.81. The third-order valence-electron chi connectivity index (χ3n) is 5.34. The molecule has 1 saturated heterocycles. The van der Waals surface area contributed by atoms with Crippen molar-refractivity contribution in [2.24, 2.45) is 0 Å². The van der Waals surface area contributed by atoms with Gasteiger partial charge in [0.15, 0.2) is 0 Å². The van der Waals surface area contributed by atoms with Gasteiger partial charge < -0.3 is 14.8 Å². The summed E-state index contributed by atoms with van der Waals surface area (Å²) in [5, 5.41) is 22.8. The Bertz CT molecular complexity index is 857. The van der Waals surface area contributed by atoms with E-state index in [1.54, 1.807) is 12.1 Å². The molecule has 0 bridgehead atoms. The number of non-ortho nitro benzene ring substituents is 1. The first-order valence-electron chi connectivity index (χ1n) is 9.25. The Morgan fingerprint density at radius 3 is 2.85 bits per heavy atom. The number of fused-ring (bicyclic) bond motifs is 1. The van der Waals surface area contributed by atoms with Crippen molar-refractivity contribution in [3.63, 3.8) is 0 Å². The van der Waals surface area contributed by atoms with Crippen LogP contribution in [0.2, 0.25) is 0 Å². The zero-order valence-corrected chi connectivity index (χ0v) is 15.0. The monoisotopic (exact) mass is 370 g/mol. The third-order valence-corrected chi connectivity index (χ3v) is 5.34. The smallest absolute Gasteiger partial charge is 0.269 e. The molecular formula is C18H22N6O3. The van der Waals surface area contributed by atoms with Crippen LogP contribution in [0.15, 0.2) is 24.3 Å². The van der Waals surface area contributed by atoms with E-state index in [0.29, 0.717) is 24.6 Å². The lowest BCUT2D eigenvalue weighted by molar-refractivity contribution is -0.384. The summed E-state index contributed by atoms with van der Waals surface area (Å²) in [6, 6.07) is 6.29. The van der Waals surface area contributed by atoms with Crippen LogP contribution in [-0.4, -0.2) is 50.1 Å². The maximum absolute atomic E-state index is 12.6. The average molecular weight is 370 g/mol. The van der Waals surface area contributed by atoms with E-state index in [1.165, 1.54) is 12.1 Å². The van der Waals surface area contributed by atoms with Crippen molar-refractivity contribution in [2.75, 3.05) is 19.6 Å². The number of benzene rings is 1. The van der Waals surface area contributed by atoms with Crippen LogP contribution in [0.3, 0.4) is 0 Å². The number of hydrogen-bond acceptors (Lipinski definition) is 6. The number of piperidine rings is 1. The molecule has 4 rings (SSSR count). The molecule has 142 valence electrons. The molecule has 0 radical (unpaired) electrons. The van der Waals surface area contributed by atoms with Gasteiger partial charge in [-0.3, -0.25) is 14.9 Å². The summed E-state index contributed by atoms with van der Waals surface area (Å²) >= 11 is 0. The van der Waals surface area contributed by atoms with Gasteiger partial charge in [-0.1, -0.05) is 12.1 Å². The molecule has 27 heavy (non-hydrogen) atoms. The zero-order valence-electron chi connectivity index (χ0n) is 15.0. The molecule has 9 nitrogen and oxygen atoms in total. The molecule has 1 fully saturated rings. The second-order valence-corrected chi connectivity index (χ2v) is 7.06. The van der Waals surface area contributed by atoms with Crippen LogP contribution in [0.4, 0.5) is 5.69 Å². The van der Waals surface area contributed by atoms with E-state index in [2.05, 4.69) is 20.1 Å². The van der Waals surface area contributed by atoms with Crippen LogP contribution in [0.1, 0.15) is 36.0 Å². The number of carbonyl (C=O) groups excluding carboxylic acids is 1. The topological polar surface area (TPSA) is 106 Å². The number of amides is 1. The standard InChI is InChI=1S/C18H22N6O3/c25-17(11-13-2-1-3-15(10-13)24(26)27)22-7-4-14(5-8-22)18-21-20-16-12-19-6-9-23(16)18/h1-3,10,14,19H,4-9,11-12H2. The van der Waals surface area contributed by atoms with Crippen molar-refractivity contribution in [3.8, 4) is 0 Å². The van der Waals surface area contributed by atoms with Crippen LogP contribution >= 0.6 is 0 Å². The number of aromatic nitrogens is 3. The van der Waals surface area contributed by atoms with Crippen LogP contribution < -0.4 is 5.32 Å². The van der Waals surface area contributed by atoms with Crippen molar-refractivity contribution in [3.05, 3.63) is 51.6 Å². The minimum atomic E-state index is -0.436. The number of nitrogens with zero attached hydrogens (tertiary/aromatic N) is 5. The lowest BCUT2D eigenvalue weighted by atomic mass is 9.95. The van der Waals surface area contributed by atoms with Gasteiger partial charge in [-0.05, 0) is 18.4 Å². The first-order valence-corrected chi connectivity index (χ1v) is 9.25. The average Bonchev–Trinajstić information content (AvgIpc) is 3.12. The summed E-state index contributed by atoms with van der Waals surface area (Å²) in [4.78, 5) is 24.9. The second kappa shape index (κ2) is 7.43. The number of hydrogen-bond donors (Lipinski definition) is 1. The molecule has 0 atom stereocenters. The highest BCUT2D eigenvalue weighted by molar-refractivity contribution is 5.79. The van der Waals surface area contributed by atoms with Gasteiger partial charge in [-0.25, -0.2) is 0 Å². The van der Waals surface area contributed by atoms with Gasteiger partial charge >= 0.3 is 0 Å². The van der Waals surface area contributed by atoms with Gasteiger partial charge in [0.05, 0.1) is 17.9 Å². The van der Waals surface area contributed by atoms with E-state index >= 15 is 0 Å². The molecule has 1 aromatic carbocycles. The summed E-state index contributed by atoms with van der Waals surface area (Å²) < 4.78 is 2.21. The second-order valence-electron chi connectivity index (χ2n) is 7.06. The first-order chi connectivity index (χ1) is 13.1. The van der Waals surface area contributed by atoms with Crippen LogP contribution in [0.25, 0.3) is 0 Å². The molecule has 0 aliphatic carbocycles. The zero-order chi connectivity index (χ0) is 18.8. The highest BCUT2D eigenvalue weighted by atomic mass is 16.6. The maximum atomic E-state index is 12.6. The molecule has 9 heteroatoms.